The molecule has 3 aromatic carbocycles. The smallest absolute Gasteiger partial charge is 0.275 e. The molecule has 138 valence electrons. The molecule has 1 aromatic heterocycles. The van der Waals surface area contributed by atoms with Crippen LogP contribution in [0.3, 0.4) is 0 Å². The summed E-state index contributed by atoms with van der Waals surface area (Å²) in [5, 5.41) is 9.61. The molecule has 0 atom stereocenters. The maximum absolute atomic E-state index is 12.7. The minimum absolute atomic E-state index is 0.121. The van der Waals surface area contributed by atoms with Crippen molar-refractivity contribution in [1.82, 2.24) is 15.0 Å². The molecular formula is C22H17N3O3. The number of hydroxylamine groups is 1. The molecule has 28 heavy (non-hydrogen) atoms. The number of fused-ring (bicyclic) bond motifs is 1. The number of hydrogen-bond acceptors (Lipinski definition) is 4. The second-order valence-electron chi connectivity index (χ2n) is 6.38. The first-order chi connectivity index (χ1) is 13.7. The van der Waals surface area contributed by atoms with Crippen molar-refractivity contribution in [2.24, 2.45) is 0 Å². The quantitative estimate of drug-likeness (QED) is 0.426. The van der Waals surface area contributed by atoms with Gasteiger partial charge in [-0.3, -0.25) is 19.4 Å². The van der Waals surface area contributed by atoms with Gasteiger partial charge in [0.25, 0.3) is 11.5 Å². The Bertz CT molecular complexity index is 1220. The molecular weight excluding hydrogens is 354 g/mol. The van der Waals surface area contributed by atoms with Crippen molar-refractivity contribution in [3.05, 3.63) is 101 Å². The van der Waals surface area contributed by atoms with Crippen LogP contribution in [0.2, 0.25) is 0 Å². The first-order valence-electron chi connectivity index (χ1n) is 8.74. The molecule has 1 heterocycles. The van der Waals surface area contributed by atoms with E-state index in [0.717, 1.165) is 11.1 Å². The van der Waals surface area contributed by atoms with Crippen LogP contribution in [-0.4, -0.2) is 20.7 Å². The molecule has 6 nitrogen and oxygen atoms in total. The van der Waals surface area contributed by atoms with Crippen molar-refractivity contribution in [3.63, 3.8) is 0 Å². The van der Waals surface area contributed by atoms with Crippen LogP contribution in [0.4, 0.5) is 0 Å². The van der Waals surface area contributed by atoms with Crippen LogP contribution in [-0.2, 0) is 6.54 Å². The fourth-order valence-corrected chi connectivity index (χ4v) is 3.22. The van der Waals surface area contributed by atoms with Gasteiger partial charge < -0.3 is 0 Å². The molecule has 1 amide bonds. The number of benzene rings is 3. The van der Waals surface area contributed by atoms with Crippen molar-refractivity contribution in [2.75, 3.05) is 0 Å². The lowest BCUT2D eigenvalue weighted by molar-refractivity contribution is 0.0707. The summed E-state index contributed by atoms with van der Waals surface area (Å²) in [6, 6.07) is 21.9. The Hall–Kier alpha value is -3.77. The monoisotopic (exact) mass is 371 g/mol. The number of nitrogens with one attached hydrogen (secondary N) is 1. The van der Waals surface area contributed by atoms with Gasteiger partial charge >= 0.3 is 0 Å². The van der Waals surface area contributed by atoms with Crippen molar-refractivity contribution >= 4 is 16.8 Å². The lowest BCUT2D eigenvalue weighted by atomic mass is 9.96. The number of amides is 1. The highest BCUT2D eigenvalue weighted by atomic mass is 16.5. The summed E-state index contributed by atoms with van der Waals surface area (Å²) in [6.07, 6.45) is 1.53. The van der Waals surface area contributed by atoms with Gasteiger partial charge in [-0.15, -0.1) is 0 Å². The third kappa shape index (κ3) is 3.28. The van der Waals surface area contributed by atoms with Crippen molar-refractivity contribution in [2.45, 2.75) is 6.54 Å². The summed E-state index contributed by atoms with van der Waals surface area (Å²) in [7, 11) is 0. The molecule has 0 fully saturated rings. The third-order valence-electron chi connectivity index (χ3n) is 4.60. The van der Waals surface area contributed by atoms with E-state index in [4.69, 9.17) is 5.21 Å². The van der Waals surface area contributed by atoms with Gasteiger partial charge in [0.05, 0.1) is 23.8 Å². The van der Waals surface area contributed by atoms with Crippen LogP contribution >= 0.6 is 0 Å². The first kappa shape index (κ1) is 17.6. The highest BCUT2D eigenvalue weighted by molar-refractivity contribution is 6.00. The summed E-state index contributed by atoms with van der Waals surface area (Å²) in [6.45, 7) is 0.317. The second-order valence-corrected chi connectivity index (χ2v) is 6.38. The van der Waals surface area contributed by atoms with Crippen LogP contribution in [0.15, 0.2) is 83.9 Å². The first-order valence-corrected chi connectivity index (χ1v) is 8.74. The second kappa shape index (κ2) is 7.46. The van der Waals surface area contributed by atoms with Crippen LogP contribution in [0.5, 0.6) is 0 Å². The highest BCUT2D eigenvalue weighted by Crippen LogP contribution is 2.25. The number of aromatic nitrogens is 2. The SMILES string of the molecule is O=C(NO)c1ccc(Cn2cnc3ccccc3c2=O)cc1-c1ccccc1. The molecule has 4 rings (SSSR count). The van der Waals surface area contributed by atoms with Gasteiger partial charge in [-0.25, -0.2) is 10.5 Å². The van der Waals surface area contributed by atoms with E-state index in [0.29, 0.717) is 28.6 Å². The standard InChI is InChI=1S/C22H17N3O3/c26-21(24-28)17-11-10-15(12-19(17)16-6-2-1-3-7-16)13-25-14-23-20-9-5-4-8-18(20)22(25)27/h1-12,14,28H,13H2,(H,24,26). The summed E-state index contributed by atoms with van der Waals surface area (Å²) in [5.41, 5.74) is 4.92. The van der Waals surface area contributed by atoms with Gasteiger partial charge in [0, 0.05) is 5.56 Å². The van der Waals surface area contributed by atoms with Gasteiger partial charge in [-0.1, -0.05) is 48.5 Å². The molecule has 0 saturated carbocycles. The van der Waals surface area contributed by atoms with Gasteiger partial charge in [-0.05, 0) is 41.0 Å². The summed E-state index contributed by atoms with van der Waals surface area (Å²) in [4.78, 5) is 29.1. The Morgan fingerprint density at radius 2 is 1.75 bits per heavy atom. The zero-order valence-electron chi connectivity index (χ0n) is 14.9. The summed E-state index contributed by atoms with van der Waals surface area (Å²) < 4.78 is 1.54. The van der Waals surface area contributed by atoms with E-state index in [1.807, 2.05) is 48.5 Å². The van der Waals surface area contributed by atoms with E-state index in [-0.39, 0.29) is 5.56 Å². The van der Waals surface area contributed by atoms with Crippen LogP contribution < -0.4 is 11.0 Å². The molecule has 6 heteroatoms. The Kier molecular flexibility index (Phi) is 4.70. The molecule has 0 aliphatic carbocycles. The molecule has 2 N–H and O–H groups in total. The number of carbonyl (C=O) groups is 1. The average molecular weight is 371 g/mol. The van der Waals surface area contributed by atoms with Crippen molar-refractivity contribution < 1.29 is 10.0 Å². The fourth-order valence-electron chi connectivity index (χ4n) is 3.22. The number of nitrogens with zero attached hydrogens (tertiary/aromatic N) is 2. The minimum Gasteiger partial charge on any atom is -0.294 e. The predicted molar refractivity (Wildman–Crippen MR) is 106 cm³/mol. The van der Waals surface area contributed by atoms with Gasteiger partial charge in [0.1, 0.15) is 0 Å². The Morgan fingerprint density at radius 1 is 1.00 bits per heavy atom. The largest absolute Gasteiger partial charge is 0.294 e. The van der Waals surface area contributed by atoms with E-state index >= 15 is 0 Å². The van der Waals surface area contributed by atoms with Crippen LogP contribution in [0, 0.1) is 0 Å². The van der Waals surface area contributed by atoms with E-state index in [1.54, 1.807) is 29.7 Å². The number of para-hydroxylation sites is 1. The van der Waals surface area contributed by atoms with Gasteiger partial charge in [0.15, 0.2) is 0 Å². The average Bonchev–Trinajstić information content (AvgIpc) is 2.76. The van der Waals surface area contributed by atoms with E-state index in [9.17, 15) is 9.59 Å². The van der Waals surface area contributed by atoms with Crippen LogP contribution in [0.1, 0.15) is 15.9 Å². The van der Waals surface area contributed by atoms with E-state index in [1.165, 1.54) is 10.9 Å². The topological polar surface area (TPSA) is 84.2 Å². The lowest BCUT2D eigenvalue weighted by Gasteiger charge is -2.12. The maximum atomic E-state index is 12.7. The van der Waals surface area contributed by atoms with E-state index in [2.05, 4.69) is 4.98 Å². The number of carbonyl (C=O) groups excluding carboxylic acids is 1. The molecule has 0 radical (unpaired) electrons. The normalized spacial score (nSPS) is 10.8. The molecule has 0 aliphatic rings. The predicted octanol–water partition coefficient (Wildman–Crippen LogP) is 3.23. The third-order valence-corrected chi connectivity index (χ3v) is 4.60. The van der Waals surface area contributed by atoms with Gasteiger partial charge in [-0.2, -0.15) is 0 Å². The molecule has 0 unspecified atom stereocenters. The maximum Gasteiger partial charge on any atom is 0.275 e. The zero-order chi connectivity index (χ0) is 19.5. The van der Waals surface area contributed by atoms with E-state index < -0.39 is 5.91 Å². The summed E-state index contributed by atoms with van der Waals surface area (Å²) >= 11 is 0. The fraction of sp³-hybridized carbons (Fsp3) is 0.0455. The zero-order valence-corrected chi connectivity index (χ0v) is 14.9. The van der Waals surface area contributed by atoms with Crippen molar-refractivity contribution in [1.29, 1.82) is 0 Å². The minimum atomic E-state index is -0.588. The molecule has 0 aliphatic heterocycles. The Labute approximate surface area is 160 Å². The highest BCUT2D eigenvalue weighted by Gasteiger charge is 2.14. The van der Waals surface area contributed by atoms with Gasteiger partial charge in [0.2, 0.25) is 0 Å². The molecule has 0 bridgehead atoms. The summed E-state index contributed by atoms with van der Waals surface area (Å²) in [5.74, 6) is -0.588. The van der Waals surface area contributed by atoms with Crippen LogP contribution in [0.25, 0.3) is 22.0 Å². The molecule has 4 aromatic rings. The van der Waals surface area contributed by atoms with Crippen molar-refractivity contribution in [3.8, 4) is 11.1 Å². The number of rotatable bonds is 4. The lowest BCUT2D eigenvalue weighted by Crippen LogP contribution is -2.22. The Morgan fingerprint density at radius 3 is 2.54 bits per heavy atom. The number of hydrogen-bond donors (Lipinski definition) is 2. The Balaban J connectivity index is 1.78. The molecule has 0 spiro atoms. The molecule has 0 saturated heterocycles.